The normalized spacial score (nSPS) is 13.2. The average Bonchev–Trinajstić information content (AvgIpc) is 2.33. The van der Waals surface area contributed by atoms with Crippen molar-refractivity contribution in [1.82, 2.24) is 9.78 Å². The van der Waals surface area contributed by atoms with Gasteiger partial charge in [0, 0.05) is 19.0 Å². The van der Waals surface area contributed by atoms with E-state index in [1.54, 1.807) is 4.68 Å². The molecule has 0 saturated heterocycles. The first kappa shape index (κ1) is 9.10. The number of nitrogens with zero attached hydrogens (tertiary/aromatic N) is 2. The van der Waals surface area contributed by atoms with Crippen molar-refractivity contribution in [3.63, 3.8) is 0 Å². The molecule has 0 fully saturated rings. The van der Waals surface area contributed by atoms with Crippen LogP contribution in [0.25, 0.3) is 0 Å². The first-order valence-corrected chi connectivity index (χ1v) is 4.44. The summed E-state index contributed by atoms with van der Waals surface area (Å²) in [7, 11) is 1.87. The van der Waals surface area contributed by atoms with Gasteiger partial charge in [0.05, 0.1) is 5.69 Å². The van der Waals surface area contributed by atoms with E-state index in [9.17, 15) is 0 Å². The second-order valence-electron chi connectivity index (χ2n) is 3.31. The summed E-state index contributed by atoms with van der Waals surface area (Å²) in [6, 6.07) is 1.96. The van der Waals surface area contributed by atoms with Gasteiger partial charge in [-0.15, -0.1) is 0 Å². The molecule has 1 heterocycles. The lowest BCUT2D eigenvalue weighted by atomic mass is 10.0. The van der Waals surface area contributed by atoms with Gasteiger partial charge in [-0.25, -0.2) is 0 Å². The number of nitrogen functional groups attached to an aromatic ring is 1. The van der Waals surface area contributed by atoms with Gasteiger partial charge in [0.25, 0.3) is 0 Å². The van der Waals surface area contributed by atoms with Gasteiger partial charge < -0.3 is 5.73 Å². The summed E-state index contributed by atoms with van der Waals surface area (Å²) in [6.45, 7) is 4.37. The first-order valence-electron chi connectivity index (χ1n) is 4.44. The number of aromatic nitrogens is 2. The maximum Gasteiger partial charge on any atom is 0.121 e. The van der Waals surface area contributed by atoms with Crippen LogP contribution in [-0.2, 0) is 7.05 Å². The lowest BCUT2D eigenvalue weighted by Gasteiger charge is -2.04. The third kappa shape index (κ3) is 1.78. The zero-order valence-electron chi connectivity index (χ0n) is 8.04. The Labute approximate surface area is 73.6 Å². The molecule has 1 rings (SSSR count). The molecule has 0 saturated carbocycles. The molecule has 0 radical (unpaired) electrons. The molecular formula is C9H17N3. The van der Waals surface area contributed by atoms with Crippen molar-refractivity contribution in [2.75, 3.05) is 5.73 Å². The third-order valence-corrected chi connectivity index (χ3v) is 2.16. The van der Waals surface area contributed by atoms with Gasteiger partial charge in [-0.05, 0) is 6.42 Å². The number of nitrogens with two attached hydrogens (primary N) is 1. The van der Waals surface area contributed by atoms with Crippen LogP contribution in [0.1, 0.15) is 38.3 Å². The molecule has 0 bridgehead atoms. The van der Waals surface area contributed by atoms with E-state index in [0.29, 0.717) is 5.92 Å². The predicted octanol–water partition coefficient (Wildman–Crippen LogP) is 1.91. The molecule has 0 aliphatic carbocycles. The topological polar surface area (TPSA) is 43.8 Å². The van der Waals surface area contributed by atoms with Crippen LogP contribution in [0.3, 0.4) is 0 Å². The summed E-state index contributed by atoms with van der Waals surface area (Å²) in [5.74, 6) is 1.27. The van der Waals surface area contributed by atoms with Crippen molar-refractivity contribution in [3.8, 4) is 0 Å². The molecule has 0 amide bonds. The number of anilines is 1. The van der Waals surface area contributed by atoms with Gasteiger partial charge in [-0.3, -0.25) is 4.68 Å². The van der Waals surface area contributed by atoms with E-state index in [-0.39, 0.29) is 0 Å². The van der Waals surface area contributed by atoms with Crippen LogP contribution in [0.5, 0.6) is 0 Å². The summed E-state index contributed by atoms with van der Waals surface area (Å²) in [5.41, 5.74) is 6.78. The fourth-order valence-corrected chi connectivity index (χ4v) is 1.33. The minimum Gasteiger partial charge on any atom is -0.384 e. The van der Waals surface area contributed by atoms with E-state index in [1.165, 1.54) is 12.8 Å². The van der Waals surface area contributed by atoms with Crippen molar-refractivity contribution < 1.29 is 0 Å². The minimum absolute atomic E-state index is 0.526. The monoisotopic (exact) mass is 167 g/mol. The Balaban J connectivity index is 2.74. The van der Waals surface area contributed by atoms with Crippen molar-refractivity contribution in [1.29, 1.82) is 0 Å². The van der Waals surface area contributed by atoms with Crippen LogP contribution in [0, 0.1) is 0 Å². The lowest BCUT2D eigenvalue weighted by Crippen LogP contribution is -1.98. The van der Waals surface area contributed by atoms with Crippen molar-refractivity contribution >= 4 is 5.82 Å². The van der Waals surface area contributed by atoms with Crippen LogP contribution < -0.4 is 5.73 Å². The van der Waals surface area contributed by atoms with Gasteiger partial charge >= 0.3 is 0 Å². The highest BCUT2D eigenvalue weighted by molar-refractivity contribution is 5.31. The quantitative estimate of drug-likeness (QED) is 0.747. The smallest absolute Gasteiger partial charge is 0.121 e. The molecule has 3 heteroatoms. The molecule has 3 nitrogen and oxygen atoms in total. The van der Waals surface area contributed by atoms with Crippen LogP contribution in [0.15, 0.2) is 6.07 Å². The Bertz CT molecular complexity index is 233. The Morgan fingerprint density at radius 3 is 2.75 bits per heavy atom. The maximum atomic E-state index is 5.68. The Morgan fingerprint density at radius 2 is 2.33 bits per heavy atom. The highest BCUT2D eigenvalue weighted by Crippen LogP contribution is 2.20. The molecule has 1 atom stereocenters. The first-order chi connectivity index (χ1) is 5.65. The zero-order valence-corrected chi connectivity index (χ0v) is 8.04. The fraction of sp³-hybridized carbons (Fsp3) is 0.667. The molecular weight excluding hydrogens is 150 g/mol. The molecule has 1 aromatic heterocycles. The third-order valence-electron chi connectivity index (χ3n) is 2.16. The second-order valence-corrected chi connectivity index (χ2v) is 3.31. The van der Waals surface area contributed by atoms with E-state index in [2.05, 4.69) is 18.9 Å². The van der Waals surface area contributed by atoms with Crippen LogP contribution in [0.4, 0.5) is 5.82 Å². The number of hydrogen-bond acceptors (Lipinski definition) is 2. The van der Waals surface area contributed by atoms with Crippen molar-refractivity contribution in [3.05, 3.63) is 11.8 Å². The summed E-state index contributed by atoms with van der Waals surface area (Å²) in [4.78, 5) is 0. The molecule has 1 aromatic rings. The lowest BCUT2D eigenvalue weighted by molar-refractivity contribution is 0.626. The van der Waals surface area contributed by atoms with E-state index >= 15 is 0 Å². The molecule has 68 valence electrons. The highest BCUT2D eigenvalue weighted by atomic mass is 15.3. The van der Waals surface area contributed by atoms with Crippen LogP contribution >= 0.6 is 0 Å². The van der Waals surface area contributed by atoms with Crippen LogP contribution in [0.2, 0.25) is 0 Å². The van der Waals surface area contributed by atoms with Gasteiger partial charge in [0.15, 0.2) is 0 Å². The number of aryl methyl sites for hydroxylation is 1. The second kappa shape index (κ2) is 3.61. The van der Waals surface area contributed by atoms with E-state index in [1.807, 2.05) is 13.1 Å². The summed E-state index contributed by atoms with van der Waals surface area (Å²) < 4.78 is 1.72. The summed E-state index contributed by atoms with van der Waals surface area (Å²) >= 11 is 0. The Hall–Kier alpha value is -0.990. The molecule has 0 spiro atoms. The van der Waals surface area contributed by atoms with Gasteiger partial charge in [-0.2, -0.15) is 5.10 Å². The SMILES string of the molecule is CCCC(C)c1cc(N)n(C)n1. The molecule has 2 N–H and O–H groups in total. The minimum atomic E-state index is 0.526. The maximum absolute atomic E-state index is 5.68. The van der Waals surface area contributed by atoms with E-state index < -0.39 is 0 Å². The number of rotatable bonds is 3. The van der Waals surface area contributed by atoms with Gasteiger partial charge in [0.2, 0.25) is 0 Å². The van der Waals surface area contributed by atoms with Gasteiger partial charge in [-0.1, -0.05) is 20.3 Å². The Morgan fingerprint density at radius 1 is 1.67 bits per heavy atom. The molecule has 0 aliphatic heterocycles. The summed E-state index contributed by atoms with van der Waals surface area (Å²) in [5, 5.41) is 4.32. The van der Waals surface area contributed by atoms with E-state index in [0.717, 1.165) is 11.5 Å². The molecule has 12 heavy (non-hydrogen) atoms. The fourth-order valence-electron chi connectivity index (χ4n) is 1.33. The average molecular weight is 167 g/mol. The predicted molar refractivity (Wildman–Crippen MR) is 50.9 cm³/mol. The molecule has 0 aliphatic rings. The molecule has 1 unspecified atom stereocenters. The van der Waals surface area contributed by atoms with Crippen molar-refractivity contribution in [2.45, 2.75) is 32.6 Å². The van der Waals surface area contributed by atoms with E-state index in [4.69, 9.17) is 5.73 Å². The largest absolute Gasteiger partial charge is 0.384 e. The van der Waals surface area contributed by atoms with Crippen LogP contribution in [-0.4, -0.2) is 9.78 Å². The number of hydrogen-bond donors (Lipinski definition) is 1. The molecule has 0 aromatic carbocycles. The van der Waals surface area contributed by atoms with Crippen molar-refractivity contribution in [2.24, 2.45) is 7.05 Å². The summed E-state index contributed by atoms with van der Waals surface area (Å²) in [6.07, 6.45) is 2.37. The van der Waals surface area contributed by atoms with Gasteiger partial charge in [0.1, 0.15) is 5.82 Å². The highest BCUT2D eigenvalue weighted by Gasteiger charge is 2.08. The zero-order chi connectivity index (χ0) is 9.14. The Kier molecular flexibility index (Phi) is 2.74. The standard InChI is InChI=1S/C9H17N3/c1-4-5-7(2)8-6-9(10)12(3)11-8/h6-7H,4-5,10H2,1-3H3.